The van der Waals surface area contributed by atoms with E-state index in [-0.39, 0.29) is 5.91 Å². The van der Waals surface area contributed by atoms with Gasteiger partial charge in [-0.05, 0) is 12.1 Å². The molecule has 84 valence electrons. The van der Waals surface area contributed by atoms with Crippen LogP contribution >= 0.6 is 11.6 Å². The van der Waals surface area contributed by atoms with Crippen molar-refractivity contribution in [1.82, 2.24) is 20.1 Å². The second kappa shape index (κ2) is 4.49. The summed E-state index contributed by atoms with van der Waals surface area (Å²) < 4.78 is 1.88. The van der Waals surface area contributed by atoms with Crippen LogP contribution in [0.5, 0.6) is 0 Å². The van der Waals surface area contributed by atoms with Crippen LogP contribution in [0.25, 0.3) is 11.0 Å². The highest BCUT2D eigenvalue weighted by atomic mass is 35.5. The van der Waals surface area contributed by atoms with Gasteiger partial charge < -0.3 is 9.88 Å². The average Bonchev–Trinajstić information content (AvgIpc) is 2.68. The minimum atomic E-state index is 0.00349. The van der Waals surface area contributed by atoms with E-state index in [0.717, 1.165) is 11.0 Å². The Labute approximate surface area is 97.4 Å². The molecule has 0 bridgehead atoms. The number of aromatic nitrogens is 3. The van der Waals surface area contributed by atoms with Crippen LogP contribution in [0.1, 0.15) is 6.42 Å². The number of hydrogen-bond donors (Lipinski definition) is 1. The van der Waals surface area contributed by atoms with E-state index in [4.69, 9.17) is 11.6 Å². The highest BCUT2D eigenvalue weighted by Crippen LogP contribution is 2.15. The molecule has 0 aliphatic rings. The normalized spacial score (nSPS) is 10.6. The molecule has 2 rings (SSSR count). The van der Waals surface area contributed by atoms with Gasteiger partial charge in [-0.3, -0.25) is 4.79 Å². The molecular weight excluding hydrogens is 228 g/mol. The lowest BCUT2D eigenvalue weighted by Gasteiger charge is -2.03. The highest BCUT2D eigenvalue weighted by molar-refractivity contribution is 6.29. The maximum Gasteiger partial charge on any atom is 0.221 e. The number of rotatable bonds is 3. The Morgan fingerprint density at radius 2 is 2.38 bits per heavy atom. The molecule has 2 aromatic heterocycles. The first-order chi connectivity index (χ1) is 7.70. The standard InChI is InChI=1S/C10H11ClN4O/c1-12-9(16)3-5-15-4-2-7-6-8(11)13-14-10(7)15/h2,4,6H,3,5H2,1H3,(H,12,16). The average molecular weight is 239 g/mol. The van der Waals surface area contributed by atoms with Crippen molar-refractivity contribution in [3.63, 3.8) is 0 Å². The lowest BCUT2D eigenvalue weighted by atomic mass is 10.4. The van der Waals surface area contributed by atoms with E-state index >= 15 is 0 Å². The lowest BCUT2D eigenvalue weighted by molar-refractivity contribution is -0.120. The third-order valence-corrected chi connectivity index (χ3v) is 2.52. The summed E-state index contributed by atoms with van der Waals surface area (Å²) in [5.41, 5.74) is 0.744. The van der Waals surface area contributed by atoms with Gasteiger partial charge in [0.15, 0.2) is 10.8 Å². The van der Waals surface area contributed by atoms with E-state index in [9.17, 15) is 4.79 Å². The third kappa shape index (κ3) is 2.14. The van der Waals surface area contributed by atoms with Crippen molar-refractivity contribution in [2.75, 3.05) is 7.05 Å². The van der Waals surface area contributed by atoms with E-state index < -0.39 is 0 Å². The molecule has 0 unspecified atom stereocenters. The Balaban J connectivity index is 2.22. The van der Waals surface area contributed by atoms with Crippen LogP contribution in [-0.2, 0) is 11.3 Å². The largest absolute Gasteiger partial charge is 0.359 e. The van der Waals surface area contributed by atoms with Crippen LogP contribution in [0.4, 0.5) is 0 Å². The van der Waals surface area contributed by atoms with Gasteiger partial charge in [-0.2, -0.15) is 0 Å². The Kier molecular flexibility index (Phi) is 3.05. The zero-order valence-corrected chi connectivity index (χ0v) is 9.53. The molecule has 0 atom stereocenters. The van der Waals surface area contributed by atoms with Crippen molar-refractivity contribution in [3.05, 3.63) is 23.5 Å². The van der Waals surface area contributed by atoms with Crippen molar-refractivity contribution in [2.24, 2.45) is 0 Å². The number of aryl methyl sites for hydroxylation is 1. The SMILES string of the molecule is CNC(=O)CCn1ccc2cc(Cl)nnc21. The van der Waals surface area contributed by atoms with Gasteiger partial charge in [0.25, 0.3) is 0 Å². The quantitative estimate of drug-likeness (QED) is 0.875. The fourth-order valence-corrected chi connectivity index (χ4v) is 1.64. The second-order valence-corrected chi connectivity index (χ2v) is 3.77. The minimum Gasteiger partial charge on any atom is -0.359 e. The van der Waals surface area contributed by atoms with Crippen LogP contribution in [-0.4, -0.2) is 27.7 Å². The Bertz CT molecular complexity index is 523. The summed E-state index contributed by atoms with van der Waals surface area (Å²) >= 11 is 5.73. The maximum absolute atomic E-state index is 11.1. The molecule has 0 aliphatic carbocycles. The molecule has 5 nitrogen and oxygen atoms in total. The van der Waals surface area contributed by atoms with Gasteiger partial charge >= 0.3 is 0 Å². The van der Waals surface area contributed by atoms with Gasteiger partial charge in [-0.15, -0.1) is 10.2 Å². The zero-order chi connectivity index (χ0) is 11.5. The lowest BCUT2D eigenvalue weighted by Crippen LogP contribution is -2.19. The molecule has 2 aromatic rings. The summed E-state index contributed by atoms with van der Waals surface area (Å²) in [6.45, 7) is 0.583. The van der Waals surface area contributed by atoms with Crippen molar-refractivity contribution in [1.29, 1.82) is 0 Å². The van der Waals surface area contributed by atoms with Crippen LogP contribution in [0, 0.1) is 0 Å². The van der Waals surface area contributed by atoms with E-state index in [1.165, 1.54) is 0 Å². The number of fused-ring (bicyclic) bond motifs is 1. The smallest absolute Gasteiger partial charge is 0.221 e. The first-order valence-electron chi connectivity index (χ1n) is 4.89. The van der Waals surface area contributed by atoms with E-state index in [2.05, 4.69) is 15.5 Å². The van der Waals surface area contributed by atoms with Gasteiger partial charge in [0.2, 0.25) is 5.91 Å². The van der Waals surface area contributed by atoms with Gasteiger partial charge in [-0.25, -0.2) is 0 Å². The summed E-state index contributed by atoms with van der Waals surface area (Å²) in [7, 11) is 1.62. The Morgan fingerprint density at radius 3 is 3.12 bits per heavy atom. The van der Waals surface area contributed by atoms with Gasteiger partial charge in [0, 0.05) is 31.6 Å². The number of amides is 1. The summed E-state index contributed by atoms with van der Waals surface area (Å²) in [5, 5.41) is 11.6. The molecule has 0 saturated heterocycles. The van der Waals surface area contributed by atoms with Gasteiger partial charge in [0.1, 0.15) is 0 Å². The number of carbonyl (C=O) groups is 1. The van der Waals surface area contributed by atoms with E-state index in [1.807, 2.05) is 16.8 Å². The van der Waals surface area contributed by atoms with Crippen LogP contribution in [0.15, 0.2) is 18.3 Å². The molecule has 0 saturated carbocycles. The number of hydrogen-bond acceptors (Lipinski definition) is 3. The number of carbonyl (C=O) groups excluding carboxylic acids is 1. The fraction of sp³-hybridized carbons (Fsp3) is 0.300. The highest BCUT2D eigenvalue weighted by Gasteiger charge is 2.05. The van der Waals surface area contributed by atoms with E-state index in [0.29, 0.717) is 18.1 Å². The van der Waals surface area contributed by atoms with Gasteiger partial charge in [-0.1, -0.05) is 11.6 Å². The number of halogens is 1. The molecule has 6 heteroatoms. The molecule has 16 heavy (non-hydrogen) atoms. The molecule has 0 aromatic carbocycles. The van der Waals surface area contributed by atoms with Crippen molar-refractivity contribution < 1.29 is 4.79 Å². The molecule has 1 N–H and O–H groups in total. The molecule has 0 radical (unpaired) electrons. The van der Waals surface area contributed by atoms with E-state index in [1.54, 1.807) is 13.1 Å². The van der Waals surface area contributed by atoms with Crippen LogP contribution < -0.4 is 5.32 Å². The topological polar surface area (TPSA) is 59.8 Å². The zero-order valence-electron chi connectivity index (χ0n) is 8.77. The first kappa shape index (κ1) is 10.9. The molecule has 0 aliphatic heterocycles. The summed E-state index contributed by atoms with van der Waals surface area (Å²) in [6, 6.07) is 3.65. The van der Waals surface area contributed by atoms with Crippen molar-refractivity contribution >= 4 is 28.5 Å². The number of nitrogens with one attached hydrogen (secondary N) is 1. The molecular formula is C10H11ClN4O. The third-order valence-electron chi connectivity index (χ3n) is 2.34. The predicted molar refractivity (Wildman–Crippen MR) is 61.2 cm³/mol. The van der Waals surface area contributed by atoms with Crippen LogP contribution in [0.3, 0.4) is 0 Å². The molecule has 2 heterocycles. The number of nitrogens with zero attached hydrogens (tertiary/aromatic N) is 3. The Morgan fingerprint density at radius 1 is 1.56 bits per heavy atom. The van der Waals surface area contributed by atoms with Crippen molar-refractivity contribution in [3.8, 4) is 0 Å². The monoisotopic (exact) mass is 238 g/mol. The Hall–Kier alpha value is -1.62. The fourth-order valence-electron chi connectivity index (χ4n) is 1.49. The molecule has 0 fully saturated rings. The molecule has 1 amide bonds. The second-order valence-electron chi connectivity index (χ2n) is 3.38. The summed E-state index contributed by atoms with van der Waals surface area (Å²) in [5.74, 6) is 0.00349. The van der Waals surface area contributed by atoms with Crippen LogP contribution in [0.2, 0.25) is 5.15 Å². The van der Waals surface area contributed by atoms with Gasteiger partial charge in [0.05, 0.1) is 0 Å². The first-order valence-corrected chi connectivity index (χ1v) is 5.27. The predicted octanol–water partition coefficient (Wildman–Crippen LogP) is 1.22. The minimum absolute atomic E-state index is 0.00349. The summed E-state index contributed by atoms with van der Waals surface area (Å²) in [6.07, 6.45) is 2.29. The maximum atomic E-state index is 11.1. The molecule has 0 spiro atoms. The van der Waals surface area contributed by atoms with Crippen molar-refractivity contribution in [2.45, 2.75) is 13.0 Å². The summed E-state index contributed by atoms with van der Waals surface area (Å²) in [4.78, 5) is 11.1.